The lowest BCUT2D eigenvalue weighted by atomic mass is 10.1. The number of carbonyl (C=O) groups excluding carboxylic acids is 1. The van der Waals surface area contributed by atoms with Gasteiger partial charge in [0.05, 0.1) is 0 Å². The van der Waals surface area contributed by atoms with E-state index in [0.29, 0.717) is 13.0 Å². The number of aromatic nitrogens is 2. The molecule has 1 amide bonds. The first kappa shape index (κ1) is 9.45. The van der Waals surface area contributed by atoms with Crippen LogP contribution in [0.15, 0.2) is 36.7 Å². The largest absolute Gasteiger partial charge is 0.355 e. The minimum absolute atomic E-state index is 0.557. The summed E-state index contributed by atoms with van der Waals surface area (Å²) < 4.78 is 0. The fraction of sp³-hybridized carbons (Fsp3) is 0.0909. The summed E-state index contributed by atoms with van der Waals surface area (Å²) in [5.41, 5.74) is 2.10. The third-order valence-electron chi connectivity index (χ3n) is 2.12. The first-order chi connectivity index (χ1) is 7.40. The van der Waals surface area contributed by atoms with Gasteiger partial charge in [0.25, 0.3) is 0 Å². The number of H-pyrrole nitrogens is 1. The third-order valence-corrected chi connectivity index (χ3v) is 2.12. The predicted molar refractivity (Wildman–Crippen MR) is 56.9 cm³/mol. The van der Waals surface area contributed by atoms with Gasteiger partial charge in [-0.2, -0.15) is 0 Å². The number of rotatable bonds is 4. The molecule has 4 heteroatoms. The van der Waals surface area contributed by atoms with Gasteiger partial charge in [-0.05, 0) is 5.56 Å². The van der Waals surface area contributed by atoms with Crippen molar-refractivity contribution in [3.05, 3.63) is 42.2 Å². The zero-order valence-corrected chi connectivity index (χ0v) is 8.10. The Morgan fingerprint density at radius 3 is 2.73 bits per heavy atom. The average molecular weight is 201 g/mol. The molecule has 15 heavy (non-hydrogen) atoms. The molecule has 2 aromatic rings. The molecule has 2 rings (SSSR count). The number of hydrogen-bond acceptors (Lipinski definition) is 2. The standard InChI is InChI=1S/C11H11N3O/c15-8-12-7-9-1-3-10(4-2-9)11-13-5-6-14-11/h1-6,8H,7H2,(H,12,15)(H,13,14). The Labute approximate surface area is 87.4 Å². The first-order valence-electron chi connectivity index (χ1n) is 4.66. The molecule has 0 saturated carbocycles. The van der Waals surface area contributed by atoms with Crippen LogP contribution in [0.5, 0.6) is 0 Å². The molecule has 0 fully saturated rings. The van der Waals surface area contributed by atoms with E-state index in [9.17, 15) is 4.79 Å². The molecule has 0 aliphatic rings. The van der Waals surface area contributed by atoms with Crippen LogP contribution in [0.1, 0.15) is 5.56 Å². The van der Waals surface area contributed by atoms with Crippen molar-refractivity contribution in [1.82, 2.24) is 15.3 Å². The van der Waals surface area contributed by atoms with Gasteiger partial charge in [-0.25, -0.2) is 4.98 Å². The van der Waals surface area contributed by atoms with Crippen LogP contribution in [-0.4, -0.2) is 16.4 Å². The highest BCUT2D eigenvalue weighted by molar-refractivity contribution is 5.55. The molecular formula is C11H11N3O. The Morgan fingerprint density at radius 1 is 1.33 bits per heavy atom. The Kier molecular flexibility index (Phi) is 2.78. The molecule has 0 bridgehead atoms. The molecule has 0 unspecified atom stereocenters. The van der Waals surface area contributed by atoms with E-state index in [0.717, 1.165) is 17.0 Å². The van der Waals surface area contributed by atoms with Gasteiger partial charge in [-0.1, -0.05) is 24.3 Å². The maximum Gasteiger partial charge on any atom is 0.207 e. The molecule has 0 spiro atoms. The van der Waals surface area contributed by atoms with Gasteiger partial charge in [0.2, 0.25) is 6.41 Å². The summed E-state index contributed by atoms with van der Waals surface area (Å²) in [5, 5.41) is 2.61. The van der Waals surface area contributed by atoms with E-state index in [1.54, 1.807) is 12.4 Å². The summed E-state index contributed by atoms with van der Waals surface area (Å²) in [5.74, 6) is 0.852. The number of nitrogens with one attached hydrogen (secondary N) is 2. The topological polar surface area (TPSA) is 57.8 Å². The summed E-state index contributed by atoms with van der Waals surface area (Å²) in [6.07, 6.45) is 4.20. The van der Waals surface area contributed by atoms with Gasteiger partial charge in [0, 0.05) is 24.5 Å². The van der Waals surface area contributed by atoms with E-state index >= 15 is 0 Å². The van der Waals surface area contributed by atoms with Crippen LogP contribution in [0, 0.1) is 0 Å². The van der Waals surface area contributed by atoms with E-state index in [4.69, 9.17) is 0 Å². The second-order valence-corrected chi connectivity index (χ2v) is 3.13. The minimum Gasteiger partial charge on any atom is -0.355 e. The lowest BCUT2D eigenvalue weighted by Gasteiger charge is -2.01. The smallest absolute Gasteiger partial charge is 0.207 e. The van der Waals surface area contributed by atoms with Crippen molar-refractivity contribution in [2.24, 2.45) is 0 Å². The van der Waals surface area contributed by atoms with Crippen molar-refractivity contribution < 1.29 is 4.79 Å². The number of aromatic amines is 1. The molecule has 4 nitrogen and oxygen atoms in total. The molecule has 76 valence electrons. The predicted octanol–water partition coefficient (Wildman–Crippen LogP) is 1.32. The molecule has 2 N–H and O–H groups in total. The first-order valence-corrected chi connectivity index (χ1v) is 4.66. The normalized spacial score (nSPS) is 9.87. The fourth-order valence-electron chi connectivity index (χ4n) is 1.36. The molecule has 1 aromatic heterocycles. The van der Waals surface area contributed by atoms with Gasteiger partial charge in [0.1, 0.15) is 5.82 Å². The van der Waals surface area contributed by atoms with Gasteiger partial charge < -0.3 is 10.3 Å². The molecule has 0 aliphatic heterocycles. The van der Waals surface area contributed by atoms with Crippen molar-refractivity contribution in [3.63, 3.8) is 0 Å². The van der Waals surface area contributed by atoms with Crippen LogP contribution in [0.2, 0.25) is 0 Å². The van der Waals surface area contributed by atoms with Crippen LogP contribution in [0.4, 0.5) is 0 Å². The van der Waals surface area contributed by atoms with Gasteiger partial charge in [0.15, 0.2) is 0 Å². The number of nitrogens with zero attached hydrogens (tertiary/aromatic N) is 1. The van der Waals surface area contributed by atoms with Gasteiger partial charge in [-0.3, -0.25) is 4.79 Å². The van der Waals surface area contributed by atoms with Crippen molar-refractivity contribution in [2.75, 3.05) is 0 Å². The molecule has 1 aromatic carbocycles. The summed E-state index contributed by atoms with van der Waals surface area (Å²) >= 11 is 0. The second kappa shape index (κ2) is 4.41. The monoisotopic (exact) mass is 201 g/mol. The van der Waals surface area contributed by atoms with E-state index in [1.807, 2.05) is 24.3 Å². The quantitative estimate of drug-likeness (QED) is 0.733. The number of amides is 1. The SMILES string of the molecule is O=CNCc1ccc(-c2ncc[nH]2)cc1. The molecule has 1 heterocycles. The van der Waals surface area contributed by atoms with E-state index in [-0.39, 0.29) is 0 Å². The maximum absolute atomic E-state index is 10.1. The van der Waals surface area contributed by atoms with Crippen LogP contribution in [-0.2, 0) is 11.3 Å². The van der Waals surface area contributed by atoms with E-state index < -0.39 is 0 Å². The van der Waals surface area contributed by atoms with Gasteiger partial charge >= 0.3 is 0 Å². The zero-order chi connectivity index (χ0) is 10.5. The molecule has 0 aliphatic carbocycles. The maximum atomic E-state index is 10.1. The van der Waals surface area contributed by atoms with Crippen LogP contribution < -0.4 is 5.32 Å². The Bertz CT molecular complexity index is 420. The number of carbonyl (C=O) groups is 1. The fourth-order valence-corrected chi connectivity index (χ4v) is 1.36. The highest BCUT2D eigenvalue weighted by atomic mass is 16.1. The summed E-state index contributed by atoms with van der Waals surface area (Å²) in [4.78, 5) is 17.3. The number of hydrogen-bond donors (Lipinski definition) is 2. The van der Waals surface area contributed by atoms with Gasteiger partial charge in [-0.15, -0.1) is 0 Å². The zero-order valence-electron chi connectivity index (χ0n) is 8.10. The Hall–Kier alpha value is -2.10. The summed E-state index contributed by atoms with van der Waals surface area (Å²) in [7, 11) is 0. The lowest BCUT2D eigenvalue weighted by Crippen LogP contribution is -2.09. The minimum atomic E-state index is 0.557. The highest BCUT2D eigenvalue weighted by Crippen LogP contribution is 2.14. The molecule has 0 saturated heterocycles. The van der Waals surface area contributed by atoms with Crippen LogP contribution in [0.3, 0.4) is 0 Å². The number of benzene rings is 1. The Morgan fingerprint density at radius 2 is 2.13 bits per heavy atom. The summed E-state index contributed by atoms with van der Waals surface area (Å²) in [6, 6.07) is 7.88. The Balaban J connectivity index is 2.14. The lowest BCUT2D eigenvalue weighted by molar-refractivity contribution is -0.109. The van der Waals surface area contributed by atoms with E-state index in [1.165, 1.54) is 0 Å². The van der Waals surface area contributed by atoms with Crippen molar-refractivity contribution >= 4 is 6.41 Å². The van der Waals surface area contributed by atoms with Crippen molar-refractivity contribution in [1.29, 1.82) is 0 Å². The molecular weight excluding hydrogens is 190 g/mol. The second-order valence-electron chi connectivity index (χ2n) is 3.13. The highest BCUT2D eigenvalue weighted by Gasteiger charge is 1.98. The number of imidazole rings is 1. The average Bonchev–Trinajstić information content (AvgIpc) is 2.80. The molecule has 0 atom stereocenters. The van der Waals surface area contributed by atoms with E-state index in [2.05, 4.69) is 15.3 Å². The van der Waals surface area contributed by atoms with Crippen LogP contribution in [0.25, 0.3) is 11.4 Å². The van der Waals surface area contributed by atoms with Crippen molar-refractivity contribution in [2.45, 2.75) is 6.54 Å². The molecule has 0 radical (unpaired) electrons. The van der Waals surface area contributed by atoms with Crippen molar-refractivity contribution in [3.8, 4) is 11.4 Å². The van der Waals surface area contributed by atoms with Crippen LogP contribution >= 0.6 is 0 Å². The summed E-state index contributed by atoms with van der Waals surface area (Å²) in [6.45, 7) is 0.557. The third kappa shape index (κ3) is 2.22.